The minimum atomic E-state index is -1.05. The largest absolute Gasteiger partial charge is 0.494 e. The number of thiazole rings is 2. The van der Waals surface area contributed by atoms with Gasteiger partial charge in [0.1, 0.15) is 12.1 Å². The highest BCUT2D eigenvalue weighted by atomic mass is 79.9. The van der Waals surface area contributed by atoms with Crippen molar-refractivity contribution >= 4 is 92.5 Å². The molecule has 4 aromatic heterocycles. The summed E-state index contributed by atoms with van der Waals surface area (Å²) in [7, 11) is 0. The molecule has 10 nitrogen and oxygen atoms in total. The number of aromatic carboxylic acids is 1. The number of carbonyl (C=O) groups excluding carboxylic acids is 1. The number of carboxylic acid groups (broad SMARTS) is 1. The summed E-state index contributed by atoms with van der Waals surface area (Å²) in [4.78, 5) is 46.4. The van der Waals surface area contributed by atoms with E-state index in [-0.39, 0.29) is 11.6 Å². The van der Waals surface area contributed by atoms with Crippen LogP contribution < -0.4 is 15.0 Å². The second-order valence-corrected chi connectivity index (χ2v) is 15.4. The SMILES string of the molecule is O=C(Nc1nc2ccccc2s1)c1cccc2c1CN(c1nc(C(=O)O)c(CCCOc3ccc(-c4ncnc5c(Br)csc45)cc3)s1)CC2. The van der Waals surface area contributed by atoms with Crippen molar-refractivity contribution in [1.82, 2.24) is 19.9 Å². The Labute approximate surface area is 306 Å². The van der Waals surface area contributed by atoms with Gasteiger partial charge in [0.2, 0.25) is 0 Å². The molecule has 0 atom stereocenters. The number of ether oxygens (including phenoxy) is 1. The number of hydrogen-bond donors (Lipinski definition) is 2. The Kier molecular flexibility index (Phi) is 9.00. The zero-order chi connectivity index (χ0) is 34.2. The van der Waals surface area contributed by atoms with E-state index in [2.05, 4.69) is 46.1 Å². The van der Waals surface area contributed by atoms with Gasteiger partial charge in [-0.05, 0) is 88.8 Å². The van der Waals surface area contributed by atoms with E-state index in [0.717, 1.165) is 53.0 Å². The molecule has 7 aromatic rings. The maximum atomic E-state index is 13.5. The van der Waals surface area contributed by atoms with Crippen LogP contribution in [0.25, 0.3) is 31.7 Å². The number of aryl methyl sites for hydroxylation is 1. The van der Waals surface area contributed by atoms with E-state index in [1.807, 2.05) is 72.1 Å². The van der Waals surface area contributed by atoms with Crippen molar-refractivity contribution in [3.05, 3.63) is 110 Å². The van der Waals surface area contributed by atoms with Crippen molar-refractivity contribution < 1.29 is 19.4 Å². The lowest BCUT2D eigenvalue weighted by molar-refractivity contribution is 0.0690. The van der Waals surface area contributed by atoms with E-state index in [1.165, 1.54) is 22.7 Å². The van der Waals surface area contributed by atoms with Crippen LogP contribution in [0.5, 0.6) is 5.75 Å². The number of fused-ring (bicyclic) bond motifs is 3. The smallest absolute Gasteiger partial charge is 0.355 e. The van der Waals surface area contributed by atoms with Crippen LogP contribution in [-0.4, -0.2) is 50.1 Å². The van der Waals surface area contributed by atoms with Crippen molar-refractivity contribution in [3.63, 3.8) is 0 Å². The molecule has 0 saturated heterocycles. The summed E-state index contributed by atoms with van der Waals surface area (Å²) in [5, 5.41) is 16.2. The van der Waals surface area contributed by atoms with Crippen LogP contribution in [0, 0.1) is 0 Å². The Morgan fingerprint density at radius 1 is 1.00 bits per heavy atom. The molecule has 0 spiro atoms. The van der Waals surface area contributed by atoms with Crippen molar-refractivity contribution in [1.29, 1.82) is 0 Å². The number of halogens is 1. The average molecular weight is 784 g/mol. The molecule has 5 heterocycles. The van der Waals surface area contributed by atoms with Crippen LogP contribution in [0.2, 0.25) is 0 Å². The standard InChI is InChI=1S/C36H27BrN6O4S3/c37-25-18-48-32-29(38-19-39-30(25)32)21-10-12-22(13-11-21)47-16-4-9-28-31(34(45)46)41-36(50-28)43-15-14-20-5-3-6-23(24(20)17-43)33(44)42-35-40-26-7-1-2-8-27(26)49-35/h1-3,5-8,10-13,18-19H,4,9,14-17H2,(H,45,46)(H,40,42,44). The Morgan fingerprint density at radius 3 is 2.70 bits per heavy atom. The summed E-state index contributed by atoms with van der Waals surface area (Å²) >= 11 is 7.97. The molecule has 0 fully saturated rings. The molecule has 2 N–H and O–H groups in total. The molecular weight excluding hydrogens is 757 g/mol. The van der Waals surface area contributed by atoms with Crippen molar-refractivity contribution in [2.24, 2.45) is 0 Å². The minimum absolute atomic E-state index is 0.0680. The summed E-state index contributed by atoms with van der Waals surface area (Å²) < 4.78 is 9.00. The molecule has 1 aliphatic rings. The predicted octanol–water partition coefficient (Wildman–Crippen LogP) is 8.71. The van der Waals surface area contributed by atoms with Gasteiger partial charge in [-0.15, -0.1) is 22.7 Å². The number of benzene rings is 3. The summed E-state index contributed by atoms with van der Waals surface area (Å²) in [6, 6.07) is 21.3. The molecule has 0 saturated carbocycles. The highest BCUT2D eigenvalue weighted by Crippen LogP contribution is 2.36. The van der Waals surface area contributed by atoms with Crippen molar-refractivity contribution in [2.45, 2.75) is 25.8 Å². The van der Waals surface area contributed by atoms with Crippen LogP contribution in [0.3, 0.4) is 0 Å². The van der Waals surface area contributed by atoms with Crippen molar-refractivity contribution in [3.8, 4) is 17.0 Å². The van der Waals surface area contributed by atoms with Gasteiger partial charge in [-0.2, -0.15) is 0 Å². The topological polar surface area (TPSA) is 130 Å². The van der Waals surface area contributed by atoms with E-state index in [1.54, 1.807) is 17.7 Å². The van der Waals surface area contributed by atoms with Gasteiger partial charge >= 0.3 is 5.97 Å². The van der Waals surface area contributed by atoms with E-state index < -0.39 is 5.97 Å². The number of carbonyl (C=O) groups is 2. The second kappa shape index (κ2) is 13.9. The van der Waals surface area contributed by atoms with Gasteiger partial charge in [0.15, 0.2) is 16.0 Å². The molecule has 1 aliphatic heterocycles. The molecule has 250 valence electrons. The first-order valence-electron chi connectivity index (χ1n) is 15.8. The average Bonchev–Trinajstić information content (AvgIpc) is 3.86. The normalized spacial score (nSPS) is 12.7. The fraction of sp³-hybridized carbons (Fsp3) is 0.167. The fourth-order valence-corrected chi connectivity index (χ4v) is 9.60. The van der Waals surface area contributed by atoms with E-state index >= 15 is 0 Å². The molecule has 0 aliphatic carbocycles. The third-order valence-corrected chi connectivity index (χ3v) is 12.5. The molecule has 8 rings (SSSR count). The van der Waals surface area contributed by atoms with E-state index in [9.17, 15) is 14.7 Å². The zero-order valence-corrected chi connectivity index (χ0v) is 30.3. The number of thiophene rings is 1. The van der Waals surface area contributed by atoms with Gasteiger partial charge in [0.05, 0.1) is 37.2 Å². The van der Waals surface area contributed by atoms with Crippen LogP contribution in [0.4, 0.5) is 10.3 Å². The Morgan fingerprint density at radius 2 is 1.86 bits per heavy atom. The lowest BCUT2D eigenvalue weighted by Crippen LogP contribution is -2.32. The number of carboxylic acids is 1. The van der Waals surface area contributed by atoms with Gasteiger partial charge in [-0.25, -0.2) is 24.7 Å². The first-order valence-corrected chi connectivity index (χ1v) is 19.1. The van der Waals surface area contributed by atoms with E-state index in [4.69, 9.17) is 4.74 Å². The van der Waals surface area contributed by atoms with Crippen molar-refractivity contribution in [2.75, 3.05) is 23.4 Å². The number of nitrogens with one attached hydrogen (secondary N) is 1. The minimum Gasteiger partial charge on any atom is -0.494 e. The monoisotopic (exact) mass is 782 g/mol. The zero-order valence-electron chi connectivity index (χ0n) is 26.3. The molecule has 1 amide bonds. The maximum Gasteiger partial charge on any atom is 0.355 e. The maximum absolute atomic E-state index is 13.5. The third kappa shape index (κ3) is 6.47. The van der Waals surface area contributed by atoms with Gasteiger partial charge in [-0.3, -0.25) is 10.1 Å². The summed E-state index contributed by atoms with van der Waals surface area (Å²) in [6.45, 7) is 1.55. The van der Waals surface area contributed by atoms with Gasteiger partial charge in [-0.1, -0.05) is 35.6 Å². The van der Waals surface area contributed by atoms with Crippen LogP contribution in [-0.2, 0) is 19.4 Å². The number of aromatic nitrogens is 4. The number of para-hydroxylation sites is 1. The highest BCUT2D eigenvalue weighted by molar-refractivity contribution is 9.10. The number of hydrogen-bond acceptors (Lipinski definition) is 11. The summed E-state index contributed by atoms with van der Waals surface area (Å²) in [6.07, 6.45) is 3.43. The predicted molar refractivity (Wildman–Crippen MR) is 202 cm³/mol. The number of rotatable bonds is 10. The second-order valence-electron chi connectivity index (χ2n) is 11.6. The number of amides is 1. The van der Waals surface area contributed by atoms with Crippen LogP contribution in [0.1, 0.15) is 43.3 Å². The number of anilines is 2. The molecule has 14 heteroatoms. The van der Waals surface area contributed by atoms with Crippen LogP contribution >= 0.6 is 49.9 Å². The van der Waals surface area contributed by atoms with Gasteiger partial charge in [0.25, 0.3) is 5.91 Å². The first-order chi connectivity index (χ1) is 24.4. The molecular formula is C36H27BrN6O4S3. The molecule has 0 radical (unpaired) electrons. The Balaban J connectivity index is 0.919. The quantitative estimate of drug-likeness (QED) is 0.131. The number of nitrogens with zero attached hydrogens (tertiary/aromatic N) is 5. The van der Waals surface area contributed by atoms with Crippen LogP contribution in [0.15, 0.2) is 82.9 Å². The Bertz CT molecular complexity index is 2360. The lowest BCUT2D eigenvalue weighted by atomic mass is 9.94. The molecule has 0 unspecified atom stereocenters. The van der Waals surface area contributed by atoms with E-state index in [0.29, 0.717) is 59.7 Å². The molecule has 0 bridgehead atoms. The van der Waals surface area contributed by atoms with Gasteiger partial charge in [0, 0.05) is 34.5 Å². The Hall–Kier alpha value is -4.76. The highest BCUT2D eigenvalue weighted by Gasteiger charge is 2.27. The van der Waals surface area contributed by atoms with Gasteiger partial charge < -0.3 is 14.7 Å². The lowest BCUT2D eigenvalue weighted by Gasteiger charge is -2.29. The third-order valence-electron chi connectivity index (χ3n) is 8.45. The molecule has 3 aromatic carbocycles. The molecule has 50 heavy (non-hydrogen) atoms. The summed E-state index contributed by atoms with van der Waals surface area (Å²) in [5.74, 6) is -0.542. The fourth-order valence-electron chi connectivity index (χ4n) is 6.02. The first kappa shape index (κ1) is 32.4. The summed E-state index contributed by atoms with van der Waals surface area (Å²) in [5.41, 5.74) is 6.25.